The Balaban J connectivity index is 1.58. The molecule has 1 saturated heterocycles. The van der Waals surface area contributed by atoms with E-state index in [0.29, 0.717) is 17.7 Å². The second-order valence-corrected chi connectivity index (χ2v) is 7.24. The van der Waals surface area contributed by atoms with Crippen molar-refractivity contribution in [3.8, 4) is 0 Å². The van der Waals surface area contributed by atoms with E-state index in [0.717, 1.165) is 38.0 Å². The van der Waals surface area contributed by atoms with Crippen molar-refractivity contribution in [2.24, 2.45) is 0 Å². The van der Waals surface area contributed by atoms with Crippen LogP contribution in [0, 0.1) is 0 Å². The van der Waals surface area contributed by atoms with Crippen LogP contribution in [0.2, 0.25) is 0 Å². The van der Waals surface area contributed by atoms with Gasteiger partial charge in [-0.1, -0.05) is 25.8 Å². The molecule has 0 aliphatic carbocycles. The summed E-state index contributed by atoms with van der Waals surface area (Å²) in [7, 11) is 0. The van der Waals surface area contributed by atoms with E-state index in [1.165, 1.54) is 18.5 Å². The van der Waals surface area contributed by atoms with Crippen LogP contribution in [0.5, 0.6) is 0 Å². The highest BCUT2D eigenvalue weighted by Gasteiger charge is 2.13. The predicted molar refractivity (Wildman–Crippen MR) is 114 cm³/mol. The second-order valence-electron chi connectivity index (χ2n) is 7.24. The molecule has 2 N–H and O–H groups in total. The average molecular weight is 380 g/mol. The molecule has 1 fully saturated rings. The molecule has 1 heterocycles. The fourth-order valence-corrected chi connectivity index (χ4v) is 3.41. The van der Waals surface area contributed by atoms with Crippen molar-refractivity contribution < 1.29 is 9.59 Å². The molecule has 1 aliphatic rings. The van der Waals surface area contributed by atoms with Crippen molar-refractivity contribution in [3.63, 3.8) is 0 Å². The maximum atomic E-state index is 12.6. The van der Waals surface area contributed by atoms with Crippen molar-refractivity contribution >= 4 is 23.2 Å². The molecule has 0 saturated carbocycles. The number of nitrogens with zero attached hydrogens (tertiary/aromatic N) is 1. The van der Waals surface area contributed by atoms with Gasteiger partial charge in [-0.25, -0.2) is 0 Å². The van der Waals surface area contributed by atoms with E-state index in [2.05, 4.69) is 22.5 Å². The third kappa shape index (κ3) is 5.35. The molecule has 1 aliphatic heterocycles. The molecule has 0 atom stereocenters. The van der Waals surface area contributed by atoms with Crippen LogP contribution >= 0.6 is 0 Å². The van der Waals surface area contributed by atoms with Crippen molar-refractivity contribution in [1.82, 2.24) is 5.32 Å². The molecule has 3 rings (SSSR count). The lowest BCUT2D eigenvalue weighted by atomic mass is 10.1. The quantitative estimate of drug-likeness (QED) is 0.666. The molecular formula is C23H29N3O2. The maximum absolute atomic E-state index is 12.6. The molecule has 148 valence electrons. The molecule has 0 aromatic heterocycles. The Morgan fingerprint density at radius 3 is 2.29 bits per heavy atom. The van der Waals surface area contributed by atoms with Gasteiger partial charge in [-0.15, -0.1) is 0 Å². The number of anilines is 2. The Bertz CT molecular complexity index is 796. The minimum Gasteiger partial charge on any atom is -0.372 e. The predicted octanol–water partition coefficient (Wildman–Crippen LogP) is 4.46. The first kappa shape index (κ1) is 19.9. The summed E-state index contributed by atoms with van der Waals surface area (Å²) >= 11 is 0. The van der Waals surface area contributed by atoms with Crippen LogP contribution in [0.3, 0.4) is 0 Å². The van der Waals surface area contributed by atoms with E-state index in [-0.39, 0.29) is 11.8 Å². The smallest absolute Gasteiger partial charge is 0.255 e. The fraction of sp³-hybridized carbons (Fsp3) is 0.391. The molecule has 2 aromatic carbocycles. The highest BCUT2D eigenvalue weighted by molar-refractivity contribution is 6.06. The summed E-state index contributed by atoms with van der Waals surface area (Å²) in [5, 5.41) is 5.82. The van der Waals surface area contributed by atoms with Crippen LogP contribution in [0.4, 0.5) is 11.4 Å². The first-order chi connectivity index (χ1) is 13.7. The van der Waals surface area contributed by atoms with Crippen LogP contribution in [-0.2, 0) is 0 Å². The lowest BCUT2D eigenvalue weighted by Crippen LogP contribution is -2.24. The molecule has 28 heavy (non-hydrogen) atoms. The van der Waals surface area contributed by atoms with Crippen molar-refractivity contribution in [2.45, 2.75) is 39.0 Å². The van der Waals surface area contributed by atoms with E-state index >= 15 is 0 Å². The Morgan fingerprint density at radius 2 is 1.61 bits per heavy atom. The van der Waals surface area contributed by atoms with Crippen LogP contribution in [0.1, 0.15) is 59.7 Å². The number of carbonyl (C=O) groups excluding carboxylic acids is 2. The number of nitrogens with one attached hydrogen (secondary N) is 2. The Kier molecular flexibility index (Phi) is 7.06. The van der Waals surface area contributed by atoms with Gasteiger partial charge in [-0.2, -0.15) is 0 Å². The number of unbranched alkanes of at least 4 members (excludes halogenated alkanes) is 2. The number of rotatable bonds is 8. The molecule has 0 spiro atoms. The Morgan fingerprint density at radius 1 is 0.929 bits per heavy atom. The average Bonchev–Trinajstić information content (AvgIpc) is 3.26. The highest BCUT2D eigenvalue weighted by atomic mass is 16.2. The summed E-state index contributed by atoms with van der Waals surface area (Å²) in [6, 6.07) is 14.8. The molecule has 0 bridgehead atoms. The molecular weight excluding hydrogens is 350 g/mol. The zero-order chi connectivity index (χ0) is 19.8. The van der Waals surface area contributed by atoms with Gasteiger partial charge >= 0.3 is 0 Å². The maximum Gasteiger partial charge on any atom is 0.255 e. The molecule has 0 radical (unpaired) electrons. The summed E-state index contributed by atoms with van der Waals surface area (Å²) < 4.78 is 0. The van der Waals surface area contributed by atoms with Gasteiger partial charge < -0.3 is 15.5 Å². The van der Waals surface area contributed by atoms with Crippen LogP contribution in [0.15, 0.2) is 48.5 Å². The third-order valence-electron chi connectivity index (χ3n) is 5.05. The highest BCUT2D eigenvalue weighted by Crippen LogP contribution is 2.22. The third-order valence-corrected chi connectivity index (χ3v) is 5.05. The molecule has 2 aromatic rings. The van der Waals surface area contributed by atoms with E-state index in [9.17, 15) is 9.59 Å². The second kappa shape index (κ2) is 9.93. The lowest BCUT2D eigenvalue weighted by Gasteiger charge is -2.17. The topological polar surface area (TPSA) is 61.4 Å². The number of hydrogen-bond acceptors (Lipinski definition) is 3. The number of benzene rings is 2. The van der Waals surface area contributed by atoms with Gasteiger partial charge in [0.1, 0.15) is 0 Å². The summed E-state index contributed by atoms with van der Waals surface area (Å²) in [6.45, 7) is 4.98. The van der Waals surface area contributed by atoms with Crippen molar-refractivity contribution in [3.05, 3.63) is 59.7 Å². The number of amides is 2. The largest absolute Gasteiger partial charge is 0.372 e. The summed E-state index contributed by atoms with van der Waals surface area (Å²) in [4.78, 5) is 27.2. The normalized spacial score (nSPS) is 13.4. The first-order valence-electron chi connectivity index (χ1n) is 10.2. The summed E-state index contributed by atoms with van der Waals surface area (Å²) in [6.07, 6.45) is 5.65. The standard InChI is InChI=1S/C23H29N3O2/c1-2-3-4-14-24-22(27)18-8-7-9-19(17-18)23(28)25-20-10-12-21(13-11-20)26-15-5-6-16-26/h7-13,17H,2-6,14-16H2,1H3,(H,24,27)(H,25,28). The zero-order valence-electron chi connectivity index (χ0n) is 16.5. The number of carbonyl (C=O) groups is 2. The van der Waals surface area contributed by atoms with Crippen LogP contribution in [-0.4, -0.2) is 31.4 Å². The Labute approximate surface area is 167 Å². The van der Waals surface area contributed by atoms with Crippen molar-refractivity contribution in [1.29, 1.82) is 0 Å². The van der Waals surface area contributed by atoms with Gasteiger partial charge in [-0.05, 0) is 61.7 Å². The van der Waals surface area contributed by atoms with Crippen molar-refractivity contribution in [2.75, 3.05) is 29.9 Å². The van der Waals surface area contributed by atoms with E-state index < -0.39 is 0 Å². The lowest BCUT2D eigenvalue weighted by molar-refractivity contribution is 0.0953. The van der Waals surface area contributed by atoms with Gasteiger partial charge in [0.15, 0.2) is 0 Å². The number of hydrogen-bond donors (Lipinski definition) is 2. The van der Waals surface area contributed by atoms with Gasteiger partial charge in [0.25, 0.3) is 11.8 Å². The minimum absolute atomic E-state index is 0.138. The molecule has 5 heteroatoms. The minimum atomic E-state index is -0.213. The van der Waals surface area contributed by atoms with Crippen LogP contribution in [0.25, 0.3) is 0 Å². The van der Waals surface area contributed by atoms with E-state index in [1.807, 2.05) is 24.3 Å². The van der Waals surface area contributed by atoms with E-state index in [1.54, 1.807) is 24.3 Å². The Hall–Kier alpha value is -2.82. The van der Waals surface area contributed by atoms with Crippen LogP contribution < -0.4 is 15.5 Å². The zero-order valence-corrected chi connectivity index (χ0v) is 16.5. The summed E-state index contributed by atoms with van der Waals surface area (Å²) in [5.41, 5.74) is 2.93. The SMILES string of the molecule is CCCCCNC(=O)c1cccc(C(=O)Nc2ccc(N3CCCC3)cc2)c1. The molecule has 0 unspecified atom stereocenters. The summed E-state index contributed by atoms with van der Waals surface area (Å²) in [5.74, 6) is -0.352. The van der Waals surface area contributed by atoms with Gasteiger partial charge in [0.05, 0.1) is 0 Å². The molecule has 2 amide bonds. The van der Waals surface area contributed by atoms with Gasteiger partial charge in [0.2, 0.25) is 0 Å². The first-order valence-corrected chi connectivity index (χ1v) is 10.2. The monoisotopic (exact) mass is 379 g/mol. The van der Waals surface area contributed by atoms with E-state index in [4.69, 9.17) is 0 Å². The van der Waals surface area contributed by atoms with Gasteiger partial charge in [0, 0.05) is 42.1 Å². The van der Waals surface area contributed by atoms with Gasteiger partial charge in [-0.3, -0.25) is 9.59 Å². The molecule has 5 nitrogen and oxygen atoms in total. The fourth-order valence-electron chi connectivity index (χ4n) is 3.41.